The lowest BCUT2D eigenvalue weighted by Crippen LogP contribution is -2.07. The van der Waals surface area contributed by atoms with E-state index in [9.17, 15) is 13.2 Å². The van der Waals surface area contributed by atoms with E-state index in [1.807, 2.05) is 30.3 Å². The summed E-state index contributed by atoms with van der Waals surface area (Å²) in [5, 5.41) is 3.55. The average molecular weight is 308 g/mol. The van der Waals surface area contributed by atoms with E-state index in [-0.39, 0.29) is 10.9 Å². The van der Waals surface area contributed by atoms with Gasteiger partial charge in [-0.15, -0.1) is 0 Å². The summed E-state index contributed by atoms with van der Waals surface area (Å²) in [5.74, 6) is -3.91. The van der Waals surface area contributed by atoms with Crippen LogP contribution in [-0.2, 0) is 0 Å². The fourth-order valence-electron chi connectivity index (χ4n) is 2.04. The summed E-state index contributed by atoms with van der Waals surface area (Å²) in [6.07, 6.45) is 0. The first-order chi connectivity index (χ1) is 10.1. The first kappa shape index (κ1) is 14.0. The molecular weight excluding hydrogens is 297 g/mol. The van der Waals surface area contributed by atoms with Gasteiger partial charge in [0.1, 0.15) is 0 Å². The summed E-state index contributed by atoms with van der Waals surface area (Å²) in [6.45, 7) is 0.586. The second-order valence-electron chi connectivity index (χ2n) is 4.54. The van der Waals surface area contributed by atoms with Crippen LogP contribution in [0.2, 0.25) is 0 Å². The number of hydrogen-bond acceptors (Lipinski definition) is 3. The van der Waals surface area contributed by atoms with Gasteiger partial charge in [-0.1, -0.05) is 42.1 Å². The summed E-state index contributed by atoms with van der Waals surface area (Å²) < 4.78 is 39.2. The monoisotopic (exact) mass is 308 g/mol. The van der Waals surface area contributed by atoms with Crippen LogP contribution in [0.25, 0.3) is 0 Å². The first-order valence-corrected chi connectivity index (χ1v) is 7.19. The quantitative estimate of drug-likeness (QED) is 0.834. The van der Waals surface area contributed by atoms with Crippen molar-refractivity contribution in [2.24, 2.45) is 4.99 Å². The normalized spacial score (nSPS) is 17.7. The summed E-state index contributed by atoms with van der Waals surface area (Å²) >= 11 is 1.47. The van der Waals surface area contributed by atoms with Crippen LogP contribution in [0.3, 0.4) is 0 Å². The Bertz CT molecular complexity index is 666. The van der Waals surface area contributed by atoms with Gasteiger partial charge in [-0.3, -0.25) is 4.99 Å². The Kier molecular flexibility index (Phi) is 3.88. The van der Waals surface area contributed by atoms with Crippen LogP contribution in [0.5, 0.6) is 0 Å². The Morgan fingerprint density at radius 2 is 1.71 bits per heavy atom. The maximum absolute atomic E-state index is 13.2. The molecule has 1 unspecified atom stereocenters. The Balaban J connectivity index is 1.70. The number of hydrogen-bond donors (Lipinski definition) is 1. The molecule has 0 saturated carbocycles. The second-order valence-corrected chi connectivity index (χ2v) is 5.73. The molecule has 2 aromatic carbocycles. The summed E-state index contributed by atoms with van der Waals surface area (Å²) in [4.78, 5) is 4.30. The minimum absolute atomic E-state index is 0.145. The lowest BCUT2D eigenvalue weighted by atomic mass is 10.1. The molecule has 1 heterocycles. The van der Waals surface area contributed by atoms with E-state index < -0.39 is 17.5 Å². The third-order valence-corrected chi connectivity index (χ3v) is 4.22. The van der Waals surface area contributed by atoms with Gasteiger partial charge >= 0.3 is 0 Å². The highest BCUT2D eigenvalue weighted by Crippen LogP contribution is 2.35. The largest absolute Gasteiger partial charge is 0.335 e. The van der Waals surface area contributed by atoms with Gasteiger partial charge in [0, 0.05) is 17.8 Å². The molecule has 0 amide bonds. The van der Waals surface area contributed by atoms with Crippen molar-refractivity contribution in [1.82, 2.24) is 0 Å². The van der Waals surface area contributed by atoms with Gasteiger partial charge in [-0.05, 0) is 5.56 Å². The third-order valence-electron chi connectivity index (χ3n) is 3.06. The van der Waals surface area contributed by atoms with Crippen molar-refractivity contribution in [3.63, 3.8) is 0 Å². The number of thioether (sulfide) groups is 1. The second kappa shape index (κ2) is 5.81. The average Bonchev–Trinajstić information content (AvgIpc) is 2.94. The van der Waals surface area contributed by atoms with Crippen LogP contribution in [0, 0.1) is 17.5 Å². The maximum Gasteiger partial charge on any atom is 0.194 e. The Morgan fingerprint density at radius 3 is 2.38 bits per heavy atom. The SMILES string of the molecule is Fc1cc(NC2=NCC(c3ccccc3)S2)cc(F)c1F. The van der Waals surface area contributed by atoms with Crippen LogP contribution in [0.15, 0.2) is 47.5 Å². The summed E-state index contributed by atoms with van der Waals surface area (Å²) in [6, 6.07) is 11.7. The molecule has 2 nitrogen and oxygen atoms in total. The topological polar surface area (TPSA) is 24.4 Å². The van der Waals surface area contributed by atoms with Crippen LogP contribution in [0.1, 0.15) is 10.8 Å². The number of amidine groups is 1. The Labute approximate surface area is 124 Å². The van der Waals surface area contributed by atoms with Crippen molar-refractivity contribution >= 4 is 22.6 Å². The van der Waals surface area contributed by atoms with Crippen LogP contribution < -0.4 is 5.32 Å². The van der Waals surface area contributed by atoms with Gasteiger partial charge in [0.15, 0.2) is 22.6 Å². The number of nitrogens with one attached hydrogen (secondary N) is 1. The summed E-state index contributed by atoms with van der Waals surface area (Å²) in [7, 11) is 0. The molecule has 0 spiro atoms. The fourth-order valence-corrected chi connectivity index (χ4v) is 3.07. The highest BCUT2D eigenvalue weighted by molar-refractivity contribution is 8.14. The summed E-state index contributed by atoms with van der Waals surface area (Å²) in [5.41, 5.74) is 1.28. The van der Waals surface area contributed by atoms with Crippen LogP contribution in [0.4, 0.5) is 18.9 Å². The molecule has 0 saturated heterocycles. The molecule has 1 aliphatic heterocycles. The minimum atomic E-state index is -1.47. The predicted octanol–water partition coefficient (Wildman–Crippen LogP) is 4.36. The molecule has 2 aromatic rings. The first-order valence-electron chi connectivity index (χ1n) is 6.31. The van der Waals surface area contributed by atoms with Crippen LogP contribution in [-0.4, -0.2) is 11.7 Å². The molecule has 0 bridgehead atoms. The van der Waals surface area contributed by atoms with E-state index in [2.05, 4.69) is 10.3 Å². The molecule has 21 heavy (non-hydrogen) atoms. The number of anilines is 1. The molecular formula is C15H11F3N2S. The van der Waals surface area contributed by atoms with Crippen molar-refractivity contribution in [3.05, 3.63) is 65.5 Å². The zero-order valence-corrected chi connectivity index (χ0v) is 11.6. The number of nitrogens with zero attached hydrogens (tertiary/aromatic N) is 1. The zero-order chi connectivity index (χ0) is 14.8. The molecule has 1 N–H and O–H groups in total. The molecule has 1 atom stereocenters. The van der Waals surface area contributed by atoms with Crippen LogP contribution >= 0.6 is 11.8 Å². The number of benzene rings is 2. The standard InChI is InChI=1S/C15H11F3N2S/c16-11-6-10(7-12(17)14(11)18)20-15-19-8-13(21-15)9-4-2-1-3-5-9/h1-7,13H,8H2,(H,19,20). The van der Waals surface area contributed by atoms with Gasteiger partial charge in [0.05, 0.1) is 11.8 Å². The Morgan fingerprint density at radius 1 is 1.05 bits per heavy atom. The predicted molar refractivity (Wildman–Crippen MR) is 79.0 cm³/mol. The molecule has 0 radical (unpaired) electrons. The molecule has 1 aliphatic rings. The number of rotatable bonds is 2. The zero-order valence-electron chi connectivity index (χ0n) is 10.8. The smallest absolute Gasteiger partial charge is 0.194 e. The Hall–Kier alpha value is -1.95. The maximum atomic E-state index is 13.2. The highest BCUT2D eigenvalue weighted by Gasteiger charge is 2.22. The van der Waals surface area contributed by atoms with Crippen molar-refractivity contribution in [2.45, 2.75) is 5.25 Å². The van der Waals surface area contributed by atoms with Crippen molar-refractivity contribution < 1.29 is 13.2 Å². The number of aliphatic imine (C=N–C) groups is 1. The molecule has 6 heteroatoms. The minimum Gasteiger partial charge on any atom is -0.335 e. The number of halogens is 3. The molecule has 3 rings (SSSR count). The van der Waals surface area contributed by atoms with Gasteiger partial charge in [0.2, 0.25) is 0 Å². The highest BCUT2D eigenvalue weighted by atomic mass is 32.2. The van der Waals surface area contributed by atoms with Gasteiger partial charge in [0.25, 0.3) is 0 Å². The van der Waals surface area contributed by atoms with E-state index in [4.69, 9.17) is 0 Å². The van der Waals surface area contributed by atoms with Gasteiger partial charge in [-0.2, -0.15) is 0 Å². The fraction of sp³-hybridized carbons (Fsp3) is 0.133. The van der Waals surface area contributed by atoms with E-state index in [1.165, 1.54) is 11.8 Å². The molecule has 0 aromatic heterocycles. The lowest BCUT2D eigenvalue weighted by Gasteiger charge is -2.09. The molecule has 108 valence electrons. The van der Waals surface area contributed by atoms with Crippen molar-refractivity contribution in [1.29, 1.82) is 0 Å². The van der Waals surface area contributed by atoms with Gasteiger partial charge < -0.3 is 5.32 Å². The van der Waals surface area contributed by atoms with Gasteiger partial charge in [-0.25, -0.2) is 13.2 Å². The van der Waals surface area contributed by atoms with E-state index in [0.717, 1.165) is 17.7 Å². The van der Waals surface area contributed by atoms with E-state index in [0.29, 0.717) is 11.7 Å². The van der Waals surface area contributed by atoms with E-state index >= 15 is 0 Å². The van der Waals surface area contributed by atoms with Crippen molar-refractivity contribution in [2.75, 3.05) is 11.9 Å². The third kappa shape index (κ3) is 3.05. The molecule has 0 fully saturated rings. The molecule has 0 aliphatic carbocycles. The van der Waals surface area contributed by atoms with E-state index in [1.54, 1.807) is 0 Å². The lowest BCUT2D eigenvalue weighted by molar-refractivity contribution is 0.448. The van der Waals surface area contributed by atoms with Crippen molar-refractivity contribution in [3.8, 4) is 0 Å².